The van der Waals surface area contributed by atoms with E-state index in [0.717, 1.165) is 26.1 Å². The lowest BCUT2D eigenvalue weighted by Crippen LogP contribution is -2.39. The van der Waals surface area contributed by atoms with Crippen LogP contribution in [0.3, 0.4) is 0 Å². The molecular weight excluding hydrogens is 342 g/mol. The molecule has 1 saturated heterocycles. The molecule has 1 aromatic carbocycles. The van der Waals surface area contributed by atoms with Crippen molar-refractivity contribution in [2.45, 2.75) is 33.0 Å². The van der Waals surface area contributed by atoms with E-state index in [1.165, 1.54) is 5.56 Å². The van der Waals surface area contributed by atoms with E-state index < -0.39 is 0 Å². The molecule has 0 spiro atoms. The predicted molar refractivity (Wildman–Crippen MR) is 102 cm³/mol. The van der Waals surface area contributed by atoms with E-state index in [4.69, 9.17) is 0 Å². The van der Waals surface area contributed by atoms with Crippen molar-refractivity contribution in [3.63, 3.8) is 0 Å². The number of amides is 2. The van der Waals surface area contributed by atoms with Crippen LogP contribution in [0.4, 0.5) is 4.79 Å². The zero-order valence-electron chi connectivity index (χ0n) is 15.6. The van der Waals surface area contributed by atoms with Crippen LogP contribution in [0.25, 0.3) is 0 Å². The Labute approximate surface area is 158 Å². The molecule has 0 bridgehead atoms. The fourth-order valence-electron chi connectivity index (χ4n) is 3.94. The van der Waals surface area contributed by atoms with Gasteiger partial charge in [-0.2, -0.15) is 0 Å². The summed E-state index contributed by atoms with van der Waals surface area (Å²) in [5.74, 6) is 1.05. The fraction of sp³-hybridized carbons (Fsp3) is 0.450. The van der Waals surface area contributed by atoms with Gasteiger partial charge in [-0.15, -0.1) is 0 Å². The number of H-pyrrole nitrogens is 1. The van der Waals surface area contributed by atoms with Crippen molar-refractivity contribution in [2.24, 2.45) is 5.92 Å². The fourth-order valence-corrected chi connectivity index (χ4v) is 3.94. The SMILES string of the molecule is Cc1nc2c(c(=O)[nH]1)CN(C(=O)NCC1CCN(Cc3ccccc3)C1)C2. The van der Waals surface area contributed by atoms with E-state index in [1.807, 2.05) is 6.07 Å². The van der Waals surface area contributed by atoms with Gasteiger partial charge in [0.2, 0.25) is 0 Å². The number of aromatic amines is 1. The summed E-state index contributed by atoms with van der Waals surface area (Å²) in [5.41, 5.74) is 2.50. The summed E-state index contributed by atoms with van der Waals surface area (Å²) < 4.78 is 0. The number of fused-ring (bicyclic) bond motifs is 1. The largest absolute Gasteiger partial charge is 0.338 e. The third-order valence-electron chi connectivity index (χ3n) is 5.36. The standard InChI is InChI=1S/C20H25N5O2/c1-14-22-18-13-25(12-17(18)19(26)23-14)20(27)21-9-16-7-8-24(11-16)10-15-5-3-2-4-6-15/h2-6,16H,7-13H2,1H3,(H,21,27)(H,22,23,26). The predicted octanol–water partition coefficient (Wildman–Crippen LogP) is 1.63. The lowest BCUT2D eigenvalue weighted by Gasteiger charge is -2.19. The molecule has 3 heterocycles. The molecule has 1 fully saturated rings. The van der Waals surface area contributed by atoms with Crippen LogP contribution >= 0.6 is 0 Å². The molecule has 0 saturated carbocycles. The molecule has 0 radical (unpaired) electrons. The van der Waals surface area contributed by atoms with Crippen LogP contribution in [0.15, 0.2) is 35.1 Å². The molecule has 2 aliphatic rings. The molecule has 0 aliphatic carbocycles. The van der Waals surface area contributed by atoms with Gasteiger partial charge in [-0.3, -0.25) is 9.69 Å². The van der Waals surface area contributed by atoms with Gasteiger partial charge in [0.05, 0.1) is 24.3 Å². The minimum Gasteiger partial charge on any atom is -0.338 e. The Morgan fingerprint density at radius 1 is 1.30 bits per heavy atom. The number of hydrogen-bond acceptors (Lipinski definition) is 4. The molecule has 142 valence electrons. The number of nitrogens with one attached hydrogen (secondary N) is 2. The normalized spacial score (nSPS) is 19.3. The highest BCUT2D eigenvalue weighted by Gasteiger charge is 2.28. The van der Waals surface area contributed by atoms with Gasteiger partial charge < -0.3 is 15.2 Å². The van der Waals surface area contributed by atoms with Crippen molar-refractivity contribution in [1.29, 1.82) is 0 Å². The molecule has 4 rings (SSSR count). The molecule has 1 atom stereocenters. The van der Waals surface area contributed by atoms with Gasteiger partial charge in [-0.1, -0.05) is 30.3 Å². The third kappa shape index (κ3) is 4.03. The van der Waals surface area contributed by atoms with Gasteiger partial charge in [-0.05, 0) is 31.4 Å². The van der Waals surface area contributed by atoms with Crippen LogP contribution < -0.4 is 10.9 Å². The Morgan fingerprint density at radius 2 is 2.11 bits per heavy atom. The van der Waals surface area contributed by atoms with Crippen molar-refractivity contribution in [1.82, 2.24) is 25.1 Å². The lowest BCUT2D eigenvalue weighted by molar-refractivity contribution is 0.196. The number of carbonyl (C=O) groups is 1. The average Bonchev–Trinajstić information content (AvgIpc) is 3.27. The van der Waals surface area contributed by atoms with E-state index in [9.17, 15) is 9.59 Å². The van der Waals surface area contributed by atoms with Crippen molar-refractivity contribution in [3.8, 4) is 0 Å². The van der Waals surface area contributed by atoms with E-state index in [-0.39, 0.29) is 11.6 Å². The Bertz CT molecular complexity index is 880. The summed E-state index contributed by atoms with van der Waals surface area (Å²) in [7, 11) is 0. The smallest absolute Gasteiger partial charge is 0.318 e. The van der Waals surface area contributed by atoms with Crippen LogP contribution in [-0.2, 0) is 19.6 Å². The Balaban J connectivity index is 1.26. The molecule has 2 amide bonds. The van der Waals surface area contributed by atoms with Gasteiger partial charge in [0.25, 0.3) is 5.56 Å². The van der Waals surface area contributed by atoms with Gasteiger partial charge in [-0.25, -0.2) is 9.78 Å². The number of aromatic nitrogens is 2. The number of nitrogens with zero attached hydrogens (tertiary/aromatic N) is 3. The second-order valence-electron chi connectivity index (χ2n) is 7.49. The molecular formula is C20H25N5O2. The molecule has 1 aromatic heterocycles. The number of benzene rings is 1. The molecule has 2 aliphatic heterocycles. The lowest BCUT2D eigenvalue weighted by atomic mass is 10.1. The zero-order valence-corrected chi connectivity index (χ0v) is 15.6. The van der Waals surface area contributed by atoms with Crippen LogP contribution in [0.2, 0.25) is 0 Å². The Hall–Kier alpha value is -2.67. The van der Waals surface area contributed by atoms with Gasteiger partial charge in [0, 0.05) is 19.6 Å². The van der Waals surface area contributed by atoms with Gasteiger partial charge in [0.15, 0.2) is 0 Å². The number of urea groups is 1. The first-order valence-corrected chi connectivity index (χ1v) is 9.46. The van der Waals surface area contributed by atoms with Crippen molar-refractivity contribution in [2.75, 3.05) is 19.6 Å². The molecule has 7 heteroatoms. The maximum atomic E-state index is 12.5. The van der Waals surface area contributed by atoms with Crippen molar-refractivity contribution in [3.05, 3.63) is 63.3 Å². The summed E-state index contributed by atoms with van der Waals surface area (Å²) in [4.78, 5) is 35.6. The second kappa shape index (κ2) is 7.52. The highest BCUT2D eigenvalue weighted by atomic mass is 16.2. The van der Waals surface area contributed by atoms with Crippen LogP contribution in [0.5, 0.6) is 0 Å². The van der Waals surface area contributed by atoms with Crippen molar-refractivity contribution >= 4 is 6.03 Å². The van der Waals surface area contributed by atoms with Gasteiger partial charge >= 0.3 is 6.03 Å². The first-order valence-electron chi connectivity index (χ1n) is 9.46. The van der Waals surface area contributed by atoms with Crippen LogP contribution in [0.1, 0.15) is 29.1 Å². The molecule has 2 aromatic rings. The number of hydrogen-bond donors (Lipinski definition) is 2. The summed E-state index contributed by atoms with van der Waals surface area (Å²) in [6.07, 6.45) is 1.09. The monoisotopic (exact) mass is 367 g/mol. The third-order valence-corrected chi connectivity index (χ3v) is 5.36. The Morgan fingerprint density at radius 3 is 2.93 bits per heavy atom. The topological polar surface area (TPSA) is 81.3 Å². The van der Waals surface area contributed by atoms with Gasteiger partial charge in [0.1, 0.15) is 5.82 Å². The second-order valence-corrected chi connectivity index (χ2v) is 7.49. The highest BCUT2D eigenvalue weighted by molar-refractivity contribution is 5.74. The summed E-state index contributed by atoms with van der Waals surface area (Å²) in [6.45, 7) is 6.16. The number of carbonyl (C=O) groups excluding carboxylic acids is 1. The molecule has 7 nitrogen and oxygen atoms in total. The number of aryl methyl sites for hydroxylation is 1. The maximum absolute atomic E-state index is 12.5. The van der Waals surface area contributed by atoms with E-state index >= 15 is 0 Å². The summed E-state index contributed by atoms with van der Waals surface area (Å²) >= 11 is 0. The quantitative estimate of drug-likeness (QED) is 0.861. The van der Waals surface area contributed by atoms with Crippen LogP contribution in [-0.4, -0.2) is 45.4 Å². The number of likely N-dealkylation sites (tertiary alicyclic amines) is 1. The minimum absolute atomic E-state index is 0.119. The first-order chi connectivity index (χ1) is 13.1. The van der Waals surface area contributed by atoms with Crippen LogP contribution in [0, 0.1) is 12.8 Å². The zero-order chi connectivity index (χ0) is 18.8. The summed E-state index contributed by atoms with van der Waals surface area (Å²) in [5, 5.41) is 3.04. The number of rotatable bonds is 4. The maximum Gasteiger partial charge on any atom is 0.318 e. The minimum atomic E-state index is -0.139. The molecule has 2 N–H and O–H groups in total. The van der Waals surface area contributed by atoms with E-state index in [1.54, 1.807) is 11.8 Å². The van der Waals surface area contributed by atoms with Crippen molar-refractivity contribution < 1.29 is 4.79 Å². The molecule has 27 heavy (non-hydrogen) atoms. The van der Waals surface area contributed by atoms with E-state index in [2.05, 4.69) is 44.5 Å². The average molecular weight is 367 g/mol. The first kappa shape index (κ1) is 17.7. The summed E-state index contributed by atoms with van der Waals surface area (Å²) in [6, 6.07) is 10.4. The van der Waals surface area contributed by atoms with E-state index in [0.29, 0.717) is 42.6 Å². The Kier molecular flexibility index (Phi) is 4.94. The molecule has 1 unspecified atom stereocenters. The highest BCUT2D eigenvalue weighted by Crippen LogP contribution is 2.20.